The van der Waals surface area contributed by atoms with Crippen LogP contribution in [0.4, 0.5) is 0 Å². The van der Waals surface area contributed by atoms with Crippen molar-refractivity contribution in [2.75, 3.05) is 13.7 Å². The molecule has 5 nitrogen and oxygen atoms in total. The van der Waals surface area contributed by atoms with Crippen LogP contribution in [0.15, 0.2) is 35.1 Å². The molecule has 1 N–H and O–H groups in total. The standard InChI is InChI=1S/C15H18BrN3O2/c1-3-6-17-8-11-9-19-15(10-18-11)21-14-5-4-12(20-2)7-13(14)16/h4-5,7,9-10,17H,3,6,8H2,1-2H3. The van der Waals surface area contributed by atoms with E-state index in [4.69, 9.17) is 9.47 Å². The summed E-state index contributed by atoms with van der Waals surface area (Å²) >= 11 is 3.44. The number of rotatable bonds is 7. The lowest BCUT2D eigenvalue weighted by molar-refractivity contribution is 0.411. The highest BCUT2D eigenvalue weighted by Gasteiger charge is 2.06. The average molecular weight is 352 g/mol. The Kier molecular flexibility index (Phi) is 5.95. The van der Waals surface area contributed by atoms with Crippen LogP contribution in [-0.2, 0) is 6.54 Å². The fraction of sp³-hybridized carbons (Fsp3) is 0.333. The minimum atomic E-state index is 0.458. The minimum Gasteiger partial charge on any atom is -0.497 e. The number of benzene rings is 1. The molecule has 0 atom stereocenters. The lowest BCUT2D eigenvalue weighted by Gasteiger charge is -2.08. The average Bonchev–Trinajstić information content (AvgIpc) is 2.51. The summed E-state index contributed by atoms with van der Waals surface area (Å²) in [5.41, 5.74) is 0.893. The topological polar surface area (TPSA) is 56.3 Å². The largest absolute Gasteiger partial charge is 0.497 e. The van der Waals surface area contributed by atoms with E-state index in [1.807, 2.05) is 18.2 Å². The molecule has 0 aliphatic rings. The van der Waals surface area contributed by atoms with E-state index in [-0.39, 0.29) is 0 Å². The van der Waals surface area contributed by atoms with Crippen molar-refractivity contribution in [1.82, 2.24) is 15.3 Å². The molecule has 1 aromatic carbocycles. The summed E-state index contributed by atoms with van der Waals surface area (Å²) in [4.78, 5) is 8.58. The van der Waals surface area contributed by atoms with Crippen LogP contribution in [0, 0.1) is 0 Å². The normalized spacial score (nSPS) is 10.4. The second kappa shape index (κ2) is 7.95. The van der Waals surface area contributed by atoms with Gasteiger partial charge in [-0.15, -0.1) is 0 Å². The Morgan fingerprint density at radius 3 is 2.71 bits per heavy atom. The summed E-state index contributed by atoms with van der Waals surface area (Å²) < 4.78 is 11.6. The van der Waals surface area contributed by atoms with E-state index in [2.05, 4.69) is 38.1 Å². The minimum absolute atomic E-state index is 0.458. The summed E-state index contributed by atoms with van der Waals surface area (Å²) in [5, 5.41) is 3.28. The SMILES string of the molecule is CCCNCc1cnc(Oc2ccc(OC)cc2Br)cn1. The van der Waals surface area contributed by atoms with Crippen molar-refractivity contribution in [3.05, 3.63) is 40.8 Å². The van der Waals surface area contributed by atoms with Crippen molar-refractivity contribution >= 4 is 15.9 Å². The number of aromatic nitrogens is 2. The number of ether oxygens (including phenoxy) is 2. The molecule has 1 heterocycles. The van der Waals surface area contributed by atoms with Crippen molar-refractivity contribution in [3.63, 3.8) is 0 Å². The van der Waals surface area contributed by atoms with E-state index in [1.165, 1.54) is 0 Å². The molecule has 2 aromatic rings. The molecule has 1 aromatic heterocycles. The quantitative estimate of drug-likeness (QED) is 0.773. The molecule has 0 aliphatic carbocycles. The first-order valence-corrected chi connectivity index (χ1v) is 7.55. The lowest BCUT2D eigenvalue weighted by atomic mass is 10.3. The van der Waals surface area contributed by atoms with Gasteiger partial charge in [0.25, 0.3) is 0 Å². The zero-order valence-corrected chi connectivity index (χ0v) is 13.7. The number of nitrogens with zero attached hydrogens (tertiary/aromatic N) is 2. The maximum Gasteiger partial charge on any atom is 0.237 e. The molecule has 0 saturated carbocycles. The van der Waals surface area contributed by atoms with Gasteiger partial charge in [0.2, 0.25) is 5.88 Å². The molecular formula is C15H18BrN3O2. The molecule has 0 radical (unpaired) electrons. The molecule has 21 heavy (non-hydrogen) atoms. The summed E-state index contributed by atoms with van der Waals surface area (Å²) in [7, 11) is 1.62. The van der Waals surface area contributed by atoms with Crippen molar-refractivity contribution in [1.29, 1.82) is 0 Å². The van der Waals surface area contributed by atoms with Crippen LogP contribution in [-0.4, -0.2) is 23.6 Å². The van der Waals surface area contributed by atoms with E-state index in [0.717, 1.165) is 28.9 Å². The first-order valence-electron chi connectivity index (χ1n) is 6.76. The Morgan fingerprint density at radius 1 is 1.24 bits per heavy atom. The van der Waals surface area contributed by atoms with Gasteiger partial charge in [-0.25, -0.2) is 4.98 Å². The fourth-order valence-corrected chi connectivity index (χ4v) is 2.12. The summed E-state index contributed by atoms with van der Waals surface area (Å²) in [5.74, 6) is 1.89. The van der Waals surface area contributed by atoms with Gasteiger partial charge < -0.3 is 14.8 Å². The predicted molar refractivity (Wildman–Crippen MR) is 84.8 cm³/mol. The maximum absolute atomic E-state index is 5.69. The zero-order valence-electron chi connectivity index (χ0n) is 12.1. The smallest absolute Gasteiger partial charge is 0.237 e. The molecule has 2 rings (SSSR count). The van der Waals surface area contributed by atoms with Crippen LogP contribution in [0.3, 0.4) is 0 Å². The summed E-state index contributed by atoms with van der Waals surface area (Å²) in [6.45, 7) is 3.81. The maximum atomic E-state index is 5.69. The van der Waals surface area contributed by atoms with Crippen molar-refractivity contribution in [2.45, 2.75) is 19.9 Å². The number of methoxy groups -OCH3 is 1. The highest BCUT2D eigenvalue weighted by atomic mass is 79.9. The fourth-order valence-electron chi connectivity index (χ4n) is 1.68. The van der Waals surface area contributed by atoms with E-state index >= 15 is 0 Å². The van der Waals surface area contributed by atoms with E-state index < -0.39 is 0 Å². The number of nitrogens with one attached hydrogen (secondary N) is 1. The summed E-state index contributed by atoms with van der Waals surface area (Å²) in [6, 6.07) is 5.49. The van der Waals surface area contributed by atoms with Gasteiger partial charge in [-0.05, 0) is 47.1 Å². The molecular weight excluding hydrogens is 334 g/mol. The Morgan fingerprint density at radius 2 is 2.10 bits per heavy atom. The van der Waals surface area contributed by atoms with E-state index in [0.29, 0.717) is 18.2 Å². The van der Waals surface area contributed by atoms with Gasteiger partial charge >= 0.3 is 0 Å². The third kappa shape index (κ3) is 4.68. The molecule has 0 bridgehead atoms. The van der Waals surface area contributed by atoms with E-state index in [1.54, 1.807) is 19.5 Å². The molecule has 0 amide bonds. The second-order valence-corrected chi connectivity index (χ2v) is 5.28. The molecule has 0 spiro atoms. The molecule has 0 saturated heterocycles. The molecule has 6 heteroatoms. The van der Waals surface area contributed by atoms with Crippen molar-refractivity contribution in [3.8, 4) is 17.4 Å². The van der Waals surface area contributed by atoms with Crippen LogP contribution >= 0.6 is 15.9 Å². The van der Waals surface area contributed by atoms with Crippen LogP contribution in [0.1, 0.15) is 19.0 Å². The van der Waals surface area contributed by atoms with Crippen molar-refractivity contribution in [2.24, 2.45) is 0 Å². The monoisotopic (exact) mass is 351 g/mol. The Bertz CT molecular complexity index is 576. The Hall–Kier alpha value is -1.66. The second-order valence-electron chi connectivity index (χ2n) is 4.42. The molecule has 0 aliphatic heterocycles. The van der Waals surface area contributed by atoms with Gasteiger partial charge in [-0.2, -0.15) is 0 Å². The first-order chi connectivity index (χ1) is 10.2. The van der Waals surface area contributed by atoms with Crippen LogP contribution in [0.25, 0.3) is 0 Å². The van der Waals surface area contributed by atoms with Gasteiger partial charge in [0.15, 0.2) is 0 Å². The Labute approximate surface area is 132 Å². The molecule has 112 valence electrons. The van der Waals surface area contributed by atoms with Crippen molar-refractivity contribution < 1.29 is 9.47 Å². The number of halogens is 1. The van der Waals surface area contributed by atoms with Crippen LogP contribution in [0.5, 0.6) is 17.4 Å². The van der Waals surface area contributed by atoms with Crippen LogP contribution < -0.4 is 14.8 Å². The van der Waals surface area contributed by atoms with E-state index in [9.17, 15) is 0 Å². The van der Waals surface area contributed by atoms with Gasteiger partial charge in [-0.3, -0.25) is 4.98 Å². The zero-order chi connectivity index (χ0) is 15.1. The summed E-state index contributed by atoms with van der Waals surface area (Å²) in [6.07, 6.45) is 4.44. The molecule has 0 unspecified atom stereocenters. The number of hydrogen-bond acceptors (Lipinski definition) is 5. The van der Waals surface area contributed by atoms with Gasteiger partial charge in [0.1, 0.15) is 11.5 Å². The predicted octanol–water partition coefficient (Wildman–Crippen LogP) is 3.54. The highest BCUT2D eigenvalue weighted by Crippen LogP contribution is 2.31. The number of hydrogen-bond donors (Lipinski definition) is 1. The van der Waals surface area contributed by atoms with Gasteiger partial charge in [-0.1, -0.05) is 6.92 Å². The van der Waals surface area contributed by atoms with Gasteiger partial charge in [0.05, 0.1) is 29.7 Å². The third-order valence-electron chi connectivity index (χ3n) is 2.77. The highest BCUT2D eigenvalue weighted by molar-refractivity contribution is 9.10. The Balaban J connectivity index is 1.99. The lowest BCUT2D eigenvalue weighted by Crippen LogP contribution is -2.14. The van der Waals surface area contributed by atoms with Crippen LogP contribution in [0.2, 0.25) is 0 Å². The van der Waals surface area contributed by atoms with Gasteiger partial charge in [0, 0.05) is 6.54 Å². The first kappa shape index (κ1) is 15.7. The molecule has 0 fully saturated rings. The third-order valence-corrected chi connectivity index (χ3v) is 3.39.